The number of pyridine rings is 1. The summed E-state index contributed by atoms with van der Waals surface area (Å²) in [6, 6.07) is 10.2. The number of halogens is 1. The van der Waals surface area contributed by atoms with Crippen molar-refractivity contribution in [3.63, 3.8) is 0 Å². The van der Waals surface area contributed by atoms with Crippen molar-refractivity contribution in [3.8, 4) is 0 Å². The third-order valence-corrected chi connectivity index (χ3v) is 3.00. The molecule has 0 unspecified atom stereocenters. The van der Waals surface area contributed by atoms with Gasteiger partial charge in [0.05, 0.1) is 17.1 Å². The Bertz CT molecular complexity index is 603. The molecule has 8 heteroatoms. The maximum absolute atomic E-state index is 10.8. The fourth-order valence-electron chi connectivity index (χ4n) is 1.44. The number of nitrogens with two attached hydrogens (primary N) is 1. The normalized spacial score (nSPS) is 10.0. The fraction of sp³-hybridized carbons (Fsp3) is 0. The van der Waals surface area contributed by atoms with Gasteiger partial charge in [0.2, 0.25) is 0 Å². The Morgan fingerprint density at radius 2 is 1.84 bits per heavy atom. The molecule has 7 nitrogen and oxygen atoms in total. The quantitative estimate of drug-likeness (QED) is 0.330. The van der Waals surface area contributed by atoms with Gasteiger partial charge in [-0.2, -0.15) is 0 Å². The van der Waals surface area contributed by atoms with Crippen LogP contribution in [0.3, 0.4) is 0 Å². The molecule has 1 aromatic carbocycles. The summed E-state index contributed by atoms with van der Waals surface area (Å²) < 4.78 is 1.10. The van der Waals surface area contributed by atoms with Gasteiger partial charge in [-0.1, -0.05) is 0 Å². The standard InChI is InChI=1S/C11H10IN5O2/c12-7-1-3-8(4-2-7)14-10-5-9(17(18)19)6-11(15-10)16-13/h1-6H,13H2,(H2,14,15,16). The minimum absolute atomic E-state index is 0.0871. The van der Waals surface area contributed by atoms with Gasteiger partial charge in [-0.25, -0.2) is 10.8 Å². The van der Waals surface area contributed by atoms with E-state index >= 15 is 0 Å². The van der Waals surface area contributed by atoms with Crippen LogP contribution in [0.15, 0.2) is 36.4 Å². The monoisotopic (exact) mass is 371 g/mol. The molecule has 0 aliphatic rings. The second kappa shape index (κ2) is 5.80. The summed E-state index contributed by atoms with van der Waals surface area (Å²) in [7, 11) is 0. The first kappa shape index (κ1) is 13.5. The smallest absolute Gasteiger partial charge is 0.276 e. The van der Waals surface area contributed by atoms with Crippen LogP contribution in [0.2, 0.25) is 0 Å². The van der Waals surface area contributed by atoms with Crippen LogP contribution in [0.1, 0.15) is 0 Å². The summed E-state index contributed by atoms with van der Waals surface area (Å²) in [5.74, 6) is 5.81. The number of aromatic nitrogens is 1. The van der Waals surface area contributed by atoms with Crippen LogP contribution in [0.4, 0.5) is 23.0 Å². The Morgan fingerprint density at radius 3 is 2.42 bits per heavy atom. The number of hydrazine groups is 1. The summed E-state index contributed by atoms with van der Waals surface area (Å²) in [5.41, 5.74) is 3.00. The molecule has 0 aliphatic carbocycles. The highest BCUT2D eigenvalue weighted by molar-refractivity contribution is 14.1. The van der Waals surface area contributed by atoms with Crippen LogP contribution in [0.25, 0.3) is 0 Å². The van der Waals surface area contributed by atoms with Crippen LogP contribution >= 0.6 is 22.6 Å². The maximum Gasteiger partial charge on any atom is 0.276 e. The molecule has 1 aromatic heterocycles. The molecule has 2 aromatic rings. The van der Waals surface area contributed by atoms with Gasteiger partial charge in [-0.15, -0.1) is 0 Å². The topological polar surface area (TPSA) is 106 Å². The van der Waals surface area contributed by atoms with Crippen molar-refractivity contribution in [2.45, 2.75) is 0 Å². The van der Waals surface area contributed by atoms with E-state index in [2.05, 4.69) is 38.3 Å². The van der Waals surface area contributed by atoms with E-state index in [1.807, 2.05) is 24.3 Å². The molecule has 1 heterocycles. The van der Waals surface area contributed by atoms with E-state index in [9.17, 15) is 10.1 Å². The zero-order chi connectivity index (χ0) is 13.8. The van der Waals surface area contributed by atoms with Gasteiger partial charge in [0.1, 0.15) is 11.6 Å². The first-order valence-electron chi connectivity index (χ1n) is 5.24. The average molecular weight is 371 g/mol. The van der Waals surface area contributed by atoms with Gasteiger partial charge >= 0.3 is 0 Å². The molecule has 0 atom stereocenters. The van der Waals surface area contributed by atoms with Gasteiger partial charge in [-0.05, 0) is 46.9 Å². The van der Waals surface area contributed by atoms with Crippen molar-refractivity contribution >= 4 is 45.6 Å². The summed E-state index contributed by atoms with van der Waals surface area (Å²) in [6.45, 7) is 0. The van der Waals surface area contributed by atoms with Gasteiger partial charge in [0, 0.05) is 9.26 Å². The van der Waals surface area contributed by atoms with E-state index in [0.29, 0.717) is 5.82 Å². The lowest BCUT2D eigenvalue weighted by Crippen LogP contribution is -2.10. The molecule has 0 bridgehead atoms. The van der Waals surface area contributed by atoms with Crippen LogP contribution in [-0.4, -0.2) is 9.91 Å². The first-order valence-corrected chi connectivity index (χ1v) is 6.32. The van der Waals surface area contributed by atoms with E-state index in [4.69, 9.17) is 5.84 Å². The lowest BCUT2D eigenvalue weighted by atomic mass is 10.3. The van der Waals surface area contributed by atoms with E-state index in [1.165, 1.54) is 12.1 Å². The number of anilines is 3. The van der Waals surface area contributed by atoms with E-state index < -0.39 is 4.92 Å². The lowest BCUT2D eigenvalue weighted by molar-refractivity contribution is -0.384. The number of nitro groups is 1. The molecule has 0 spiro atoms. The first-order chi connectivity index (χ1) is 9.08. The van der Waals surface area contributed by atoms with Gasteiger partial charge in [-0.3, -0.25) is 10.1 Å². The second-order valence-corrected chi connectivity index (χ2v) is 4.87. The molecule has 0 amide bonds. The van der Waals surface area contributed by atoms with Crippen LogP contribution < -0.4 is 16.6 Å². The zero-order valence-electron chi connectivity index (χ0n) is 9.63. The Morgan fingerprint density at radius 1 is 1.21 bits per heavy atom. The maximum atomic E-state index is 10.8. The Labute approximate surface area is 122 Å². The average Bonchev–Trinajstić information content (AvgIpc) is 2.41. The van der Waals surface area contributed by atoms with E-state index in [-0.39, 0.29) is 11.5 Å². The fourth-order valence-corrected chi connectivity index (χ4v) is 1.80. The molecule has 0 saturated heterocycles. The predicted molar refractivity (Wildman–Crippen MR) is 81.1 cm³/mol. The number of nitrogen functional groups attached to an aromatic ring is 1. The molecule has 2 rings (SSSR count). The van der Waals surface area contributed by atoms with Crippen molar-refractivity contribution < 1.29 is 4.92 Å². The van der Waals surface area contributed by atoms with Crippen molar-refractivity contribution in [1.82, 2.24) is 4.98 Å². The van der Waals surface area contributed by atoms with Crippen LogP contribution in [0, 0.1) is 13.7 Å². The molecule has 0 radical (unpaired) electrons. The molecule has 0 saturated carbocycles. The SMILES string of the molecule is NNc1cc([N+](=O)[O-])cc(Nc2ccc(I)cc2)n1. The summed E-state index contributed by atoms with van der Waals surface area (Å²) in [5, 5.41) is 13.8. The van der Waals surface area contributed by atoms with Crippen molar-refractivity contribution in [3.05, 3.63) is 50.1 Å². The largest absolute Gasteiger partial charge is 0.340 e. The number of nitrogens with one attached hydrogen (secondary N) is 2. The third-order valence-electron chi connectivity index (χ3n) is 2.29. The molecule has 98 valence electrons. The highest BCUT2D eigenvalue weighted by Crippen LogP contribution is 2.23. The van der Waals surface area contributed by atoms with Gasteiger partial charge in [0.15, 0.2) is 0 Å². The number of nitrogens with zero attached hydrogens (tertiary/aromatic N) is 2. The number of hydrogen-bond donors (Lipinski definition) is 3. The molecule has 0 fully saturated rings. The third kappa shape index (κ3) is 3.51. The molecular formula is C11H10IN5O2. The van der Waals surface area contributed by atoms with E-state index in [0.717, 1.165) is 9.26 Å². The van der Waals surface area contributed by atoms with Crippen LogP contribution in [-0.2, 0) is 0 Å². The highest BCUT2D eigenvalue weighted by Gasteiger charge is 2.10. The van der Waals surface area contributed by atoms with Crippen molar-refractivity contribution in [2.75, 3.05) is 10.7 Å². The van der Waals surface area contributed by atoms with E-state index in [1.54, 1.807) is 0 Å². The molecule has 19 heavy (non-hydrogen) atoms. The highest BCUT2D eigenvalue weighted by atomic mass is 127. The van der Waals surface area contributed by atoms with Crippen molar-refractivity contribution in [2.24, 2.45) is 5.84 Å². The number of hydrogen-bond acceptors (Lipinski definition) is 6. The number of rotatable bonds is 4. The van der Waals surface area contributed by atoms with Gasteiger partial charge < -0.3 is 10.7 Å². The molecular weight excluding hydrogens is 361 g/mol. The summed E-state index contributed by atoms with van der Waals surface area (Å²) in [4.78, 5) is 14.4. The van der Waals surface area contributed by atoms with Crippen molar-refractivity contribution in [1.29, 1.82) is 0 Å². The second-order valence-electron chi connectivity index (χ2n) is 3.63. The van der Waals surface area contributed by atoms with Gasteiger partial charge in [0.25, 0.3) is 5.69 Å². The number of benzene rings is 1. The Balaban J connectivity index is 2.31. The Hall–Kier alpha value is -1.94. The predicted octanol–water partition coefficient (Wildman–Crippen LogP) is 2.62. The minimum Gasteiger partial charge on any atom is -0.340 e. The summed E-state index contributed by atoms with van der Waals surface area (Å²) in [6.07, 6.45) is 0. The summed E-state index contributed by atoms with van der Waals surface area (Å²) >= 11 is 2.19. The minimum atomic E-state index is -0.498. The molecule has 0 aliphatic heterocycles. The van der Waals surface area contributed by atoms with Crippen LogP contribution in [0.5, 0.6) is 0 Å². The lowest BCUT2D eigenvalue weighted by Gasteiger charge is -2.07. The zero-order valence-corrected chi connectivity index (χ0v) is 11.8. The Kier molecular flexibility index (Phi) is 4.12. The molecule has 4 N–H and O–H groups in total.